The van der Waals surface area contributed by atoms with Crippen molar-refractivity contribution in [2.24, 2.45) is 5.73 Å². The van der Waals surface area contributed by atoms with Gasteiger partial charge >= 0.3 is 0 Å². The molecule has 1 aliphatic heterocycles. The first-order valence-corrected chi connectivity index (χ1v) is 10.3. The molecule has 1 amide bonds. The van der Waals surface area contributed by atoms with Gasteiger partial charge in [-0.3, -0.25) is 4.79 Å². The first kappa shape index (κ1) is 18.9. The predicted molar refractivity (Wildman–Crippen MR) is 111 cm³/mol. The van der Waals surface area contributed by atoms with E-state index in [4.69, 9.17) is 19.9 Å². The molecule has 146 valence electrons. The summed E-state index contributed by atoms with van der Waals surface area (Å²) in [5.41, 5.74) is 8.12. The van der Waals surface area contributed by atoms with E-state index in [1.807, 2.05) is 36.4 Å². The highest BCUT2D eigenvalue weighted by atomic mass is 32.1. The van der Waals surface area contributed by atoms with Gasteiger partial charge in [-0.05, 0) is 54.1 Å². The van der Waals surface area contributed by atoms with Crippen LogP contribution in [0.2, 0.25) is 0 Å². The van der Waals surface area contributed by atoms with E-state index < -0.39 is 5.91 Å². The SMILES string of the molecule is NC(=O)c1ccc2scc(-c3ccc(OCCOC4CCOCC4)cc3)c2c1. The number of thiophene rings is 1. The predicted octanol–water partition coefficient (Wildman–Crippen LogP) is 4.24. The van der Waals surface area contributed by atoms with Gasteiger partial charge in [0.2, 0.25) is 5.91 Å². The van der Waals surface area contributed by atoms with Crippen molar-refractivity contribution < 1.29 is 19.0 Å². The summed E-state index contributed by atoms with van der Waals surface area (Å²) in [5, 5.41) is 3.15. The maximum Gasteiger partial charge on any atom is 0.248 e. The topological polar surface area (TPSA) is 70.8 Å². The Morgan fingerprint density at radius 2 is 1.89 bits per heavy atom. The molecule has 2 aromatic carbocycles. The lowest BCUT2D eigenvalue weighted by Gasteiger charge is -2.22. The molecule has 0 atom stereocenters. The molecule has 1 fully saturated rings. The summed E-state index contributed by atoms with van der Waals surface area (Å²) in [4.78, 5) is 11.5. The summed E-state index contributed by atoms with van der Waals surface area (Å²) in [6.45, 7) is 2.67. The quantitative estimate of drug-likeness (QED) is 0.605. The van der Waals surface area contributed by atoms with Crippen molar-refractivity contribution in [3.05, 3.63) is 53.4 Å². The molecule has 2 N–H and O–H groups in total. The number of fused-ring (bicyclic) bond motifs is 1. The number of primary amides is 1. The number of amides is 1. The molecule has 1 aliphatic rings. The fourth-order valence-electron chi connectivity index (χ4n) is 3.35. The molecule has 3 aromatic rings. The molecule has 6 heteroatoms. The van der Waals surface area contributed by atoms with Gasteiger partial charge in [0, 0.05) is 34.4 Å². The van der Waals surface area contributed by atoms with Gasteiger partial charge in [-0.1, -0.05) is 12.1 Å². The minimum Gasteiger partial charge on any atom is -0.491 e. The van der Waals surface area contributed by atoms with E-state index in [9.17, 15) is 4.79 Å². The Morgan fingerprint density at radius 1 is 1.11 bits per heavy atom. The number of ether oxygens (including phenoxy) is 3. The molecule has 0 spiro atoms. The number of nitrogens with two attached hydrogens (primary N) is 1. The monoisotopic (exact) mass is 397 g/mol. The number of carbonyl (C=O) groups is 1. The van der Waals surface area contributed by atoms with Crippen molar-refractivity contribution in [3.8, 4) is 16.9 Å². The molecule has 1 saturated heterocycles. The lowest BCUT2D eigenvalue weighted by atomic mass is 10.0. The van der Waals surface area contributed by atoms with Crippen molar-refractivity contribution in [1.82, 2.24) is 0 Å². The third-order valence-electron chi connectivity index (χ3n) is 4.90. The highest BCUT2D eigenvalue weighted by Crippen LogP contribution is 2.35. The minimum atomic E-state index is -0.411. The first-order valence-electron chi connectivity index (χ1n) is 9.44. The van der Waals surface area contributed by atoms with Gasteiger partial charge in [0.1, 0.15) is 12.4 Å². The summed E-state index contributed by atoms with van der Waals surface area (Å²) in [6, 6.07) is 13.6. The fourth-order valence-corrected chi connectivity index (χ4v) is 4.30. The second-order valence-corrected chi connectivity index (χ2v) is 7.69. The van der Waals surface area contributed by atoms with Gasteiger partial charge in [0.25, 0.3) is 0 Å². The normalized spacial score (nSPS) is 15.0. The van der Waals surface area contributed by atoms with Crippen LogP contribution in [0.15, 0.2) is 47.8 Å². The van der Waals surface area contributed by atoms with Crippen molar-refractivity contribution in [1.29, 1.82) is 0 Å². The number of rotatable bonds is 7. The molecular formula is C22H23NO4S. The third-order valence-corrected chi connectivity index (χ3v) is 5.86. The molecule has 28 heavy (non-hydrogen) atoms. The lowest BCUT2D eigenvalue weighted by molar-refractivity contribution is -0.0388. The molecule has 1 aromatic heterocycles. The Kier molecular flexibility index (Phi) is 5.90. The van der Waals surface area contributed by atoms with Crippen LogP contribution in [0, 0.1) is 0 Å². The standard InChI is InChI=1S/C22H23NO4S/c23-22(24)16-3-6-21-19(13-16)20(14-28-21)15-1-4-17(5-2-15)26-11-12-27-18-7-9-25-10-8-18/h1-6,13-14,18H,7-12H2,(H2,23,24). The second kappa shape index (κ2) is 8.73. The van der Waals surface area contributed by atoms with Crippen molar-refractivity contribution in [3.63, 3.8) is 0 Å². The zero-order valence-electron chi connectivity index (χ0n) is 15.6. The Hall–Kier alpha value is -2.41. The van der Waals surface area contributed by atoms with Crippen LogP contribution < -0.4 is 10.5 Å². The average Bonchev–Trinajstić information content (AvgIpc) is 3.16. The van der Waals surface area contributed by atoms with Gasteiger partial charge in [0.05, 0.1) is 12.7 Å². The average molecular weight is 397 g/mol. The van der Waals surface area contributed by atoms with Gasteiger partial charge in [-0.2, -0.15) is 0 Å². The van der Waals surface area contributed by atoms with Gasteiger partial charge in [0.15, 0.2) is 0 Å². The smallest absolute Gasteiger partial charge is 0.248 e. The summed E-state index contributed by atoms with van der Waals surface area (Å²) in [7, 11) is 0. The van der Waals surface area contributed by atoms with E-state index in [0.29, 0.717) is 18.8 Å². The molecule has 2 heterocycles. The molecule has 0 aliphatic carbocycles. The van der Waals surface area contributed by atoms with Crippen LogP contribution in [0.5, 0.6) is 5.75 Å². The summed E-state index contributed by atoms with van der Waals surface area (Å²) < 4.78 is 18.1. The van der Waals surface area contributed by atoms with Crippen molar-refractivity contribution in [2.75, 3.05) is 26.4 Å². The van der Waals surface area contributed by atoms with E-state index in [0.717, 1.165) is 53.0 Å². The number of hydrogen-bond donors (Lipinski definition) is 1. The second-order valence-electron chi connectivity index (χ2n) is 6.78. The molecule has 0 saturated carbocycles. The summed E-state index contributed by atoms with van der Waals surface area (Å²) >= 11 is 1.65. The van der Waals surface area contributed by atoms with Crippen LogP contribution in [0.25, 0.3) is 21.2 Å². The van der Waals surface area contributed by atoms with Gasteiger partial charge < -0.3 is 19.9 Å². The van der Waals surface area contributed by atoms with Crippen LogP contribution in [0.3, 0.4) is 0 Å². The Balaban J connectivity index is 1.38. The van der Waals surface area contributed by atoms with E-state index in [1.165, 1.54) is 0 Å². The van der Waals surface area contributed by atoms with Crippen LogP contribution in [-0.2, 0) is 9.47 Å². The van der Waals surface area contributed by atoms with Crippen LogP contribution in [0.4, 0.5) is 0 Å². The number of carbonyl (C=O) groups excluding carboxylic acids is 1. The van der Waals surface area contributed by atoms with E-state index in [2.05, 4.69) is 5.38 Å². The highest BCUT2D eigenvalue weighted by molar-refractivity contribution is 7.17. The van der Waals surface area contributed by atoms with Gasteiger partial charge in [-0.25, -0.2) is 0 Å². The summed E-state index contributed by atoms with van der Waals surface area (Å²) in [6.07, 6.45) is 2.21. The largest absolute Gasteiger partial charge is 0.491 e. The molecular weight excluding hydrogens is 374 g/mol. The van der Waals surface area contributed by atoms with Crippen molar-refractivity contribution in [2.45, 2.75) is 18.9 Å². The Labute approximate surface area is 168 Å². The van der Waals surface area contributed by atoms with Crippen LogP contribution in [-0.4, -0.2) is 38.4 Å². The fraction of sp³-hybridized carbons (Fsp3) is 0.318. The molecule has 0 unspecified atom stereocenters. The number of benzene rings is 2. The van der Waals surface area contributed by atoms with Gasteiger partial charge in [-0.15, -0.1) is 11.3 Å². The van der Waals surface area contributed by atoms with Crippen LogP contribution >= 0.6 is 11.3 Å². The molecule has 0 bridgehead atoms. The molecule has 5 nitrogen and oxygen atoms in total. The number of hydrogen-bond acceptors (Lipinski definition) is 5. The van der Waals surface area contributed by atoms with E-state index >= 15 is 0 Å². The van der Waals surface area contributed by atoms with Crippen molar-refractivity contribution >= 4 is 27.3 Å². The molecule has 4 rings (SSSR count). The summed E-state index contributed by atoms with van der Waals surface area (Å²) in [5.74, 6) is 0.405. The van der Waals surface area contributed by atoms with Crippen LogP contribution in [0.1, 0.15) is 23.2 Å². The maximum atomic E-state index is 11.5. The van der Waals surface area contributed by atoms with E-state index in [-0.39, 0.29) is 6.10 Å². The zero-order chi connectivity index (χ0) is 19.3. The maximum absolute atomic E-state index is 11.5. The van der Waals surface area contributed by atoms with E-state index in [1.54, 1.807) is 17.4 Å². The Bertz CT molecular complexity index is 945. The minimum absolute atomic E-state index is 0.289. The third kappa shape index (κ3) is 4.35. The lowest BCUT2D eigenvalue weighted by Crippen LogP contribution is -2.25. The molecule has 0 radical (unpaired) electrons. The Morgan fingerprint density at radius 3 is 2.64 bits per heavy atom. The highest BCUT2D eigenvalue weighted by Gasteiger charge is 2.14. The first-order chi connectivity index (χ1) is 13.7. The zero-order valence-corrected chi connectivity index (χ0v) is 16.4.